The minimum atomic E-state index is -0.938. The summed E-state index contributed by atoms with van der Waals surface area (Å²) in [6.45, 7) is 2.36. The van der Waals surface area contributed by atoms with Crippen LogP contribution in [0, 0.1) is 5.82 Å². The summed E-state index contributed by atoms with van der Waals surface area (Å²) in [7, 11) is 0. The Morgan fingerprint density at radius 2 is 2.05 bits per heavy atom. The molecule has 1 unspecified atom stereocenters. The van der Waals surface area contributed by atoms with Gasteiger partial charge in [0.05, 0.1) is 11.6 Å². The van der Waals surface area contributed by atoms with Gasteiger partial charge in [0.15, 0.2) is 0 Å². The fourth-order valence-electron chi connectivity index (χ4n) is 1.88. The lowest BCUT2D eigenvalue weighted by Crippen LogP contribution is -2.04. The Morgan fingerprint density at radius 3 is 2.70 bits per heavy atom. The Balaban J connectivity index is 2.43. The third kappa shape index (κ3) is 3.32. The van der Waals surface area contributed by atoms with Crippen molar-refractivity contribution in [1.29, 1.82) is 0 Å². The van der Waals surface area contributed by atoms with Crippen molar-refractivity contribution >= 4 is 27.5 Å². The summed E-state index contributed by atoms with van der Waals surface area (Å²) in [5.74, 6) is 0.0746. The molecule has 0 amide bonds. The molecule has 0 bridgehead atoms. The van der Waals surface area contributed by atoms with Crippen LogP contribution in [0.1, 0.15) is 24.2 Å². The van der Waals surface area contributed by atoms with Crippen molar-refractivity contribution in [2.75, 3.05) is 6.61 Å². The molecule has 2 aromatic carbocycles. The van der Waals surface area contributed by atoms with Crippen molar-refractivity contribution < 1.29 is 14.2 Å². The molecule has 2 aromatic rings. The minimum Gasteiger partial charge on any atom is -0.493 e. The molecule has 20 heavy (non-hydrogen) atoms. The second kappa shape index (κ2) is 6.57. The van der Waals surface area contributed by atoms with Gasteiger partial charge in [0.25, 0.3) is 0 Å². The highest BCUT2D eigenvalue weighted by atomic mass is 79.9. The van der Waals surface area contributed by atoms with Crippen LogP contribution in [0.4, 0.5) is 4.39 Å². The number of halogens is 3. The van der Waals surface area contributed by atoms with E-state index in [0.29, 0.717) is 23.5 Å². The molecule has 0 aliphatic rings. The van der Waals surface area contributed by atoms with E-state index in [4.69, 9.17) is 16.3 Å². The molecule has 0 aliphatic carbocycles. The lowest BCUT2D eigenvalue weighted by atomic mass is 10.0. The summed E-state index contributed by atoms with van der Waals surface area (Å²) in [4.78, 5) is 0. The largest absolute Gasteiger partial charge is 0.493 e. The highest BCUT2D eigenvalue weighted by Gasteiger charge is 2.17. The van der Waals surface area contributed by atoms with Gasteiger partial charge in [-0.2, -0.15) is 0 Å². The van der Waals surface area contributed by atoms with Crippen LogP contribution in [-0.2, 0) is 0 Å². The van der Waals surface area contributed by atoms with Crippen molar-refractivity contribution in [2.45, 2.75) is 13.0 Å². The Bertz CT molecular complexity index is 619. The average Bonchev–Trinajstić information content (AvgIpc) is 2.43. The Labute approximate surface area is 130 Å². The van der Waals surface area contributed by atoms with Gasteiger partial charge in [0, 0.05) is 10.0 Å². The zero-order valence-corrected chi connectivity index (χ0v) is 13.1. The predicted molar refractivity (Wildman–Crippen MR) is 80.8 cm³/mol. The van der Waals surface area contributed by atoms with Crippen LogP contribution in [0.2, 0.25) is 5.02 Å². The van der Waals surface area contributed by atoms with Gasteiger partial charge in [0.1, 0.15) is 17.7 Å². The van der Waals surface area contributed by atoms with E-state index >= 15 is 0 Å². The molecule has 0 saturated carbocycles. The second-order valence-corrected chi connectivity index (χ2v) is 5.51. The molecule has 0 radical (unpaired) electrons. The van der Waals surface area contributed by atoms with Gasteiger partial charge in [-0.1, -0.05) is 33.6 Å². The first-order valence-corrected chi connectivity index (χ1v) is 7.25. The van der Waals surface area contributed by atoms with E-state index in [1.807, 2.05) is 13.0 Å². The molecule has 106 valence electrons. The quantitative estimate of drug-likeness (QED) is 0.856. The fourth-order valence-corrected chi connectivity index (χ4v) is 2.45. The molecule has 2 rings (SSSR count). The number of aliphatic hydroxyl groups excluding tert-OH is 1. The van der Waals surface area contributed by atoms with Crippen LogP contribution >= 0.6 is 27.5 Å². The van der Waals surface area contributed by atoms with E-state index in [1.165, 1.54) is 18.2 Å². The first-order chi connectivity index (χ1) is 9.52. The first kappa shape index (κ1) is 15.3. The van der Waals surface area contributed by atoms with Crippen molar-refractivity contribution in [3.05, 3.63) is 62.8 Å². The van der Waals surface area contributed by atoms with E-state index in [1.54, 1.807) is 12.1 Å². The molecule has 1 N–H and O–H groups in total. The van der Waals surface area contributed by atoms with Gasteiger partial charge in [0.2, 0.25) is 0 Å². The third-order valence-corrected chi connectivity index (χ3v) is 3.61. The number of aliphatic hydroxyl groups is 1. The number of rotatable bonds is 4. The third-order valence-electron chi connectivity index (χ3n) is 2.83. The molecule has 0 spiro atoms. The topological polar surface area (TPSA) is 29.5 Å². The number of benzene rings is 2. The zero-order valence-electron chi connectivity index (χ0n) is 10.7. The van der Waals surface area contributed by atoms with Gasteiger partial charge in [-0.15, -0.1) is 0 Å². The van der Waals surface area contributed by atoms with Gasteiger partial charge < -0.3 is 9.84 Å². The van der Waals surface area contributed by atoms with E-state index in [2.05, 4.69) is 15.9 Å². The first-order valence-electron chi connectivity index (χ1n) is 6.08. The molecule has 0 saturated heterocycles. The highest BCUT2D eigenvalue weighted by Crippen LogP contribution is 2.33. The maximum atomic E-state index is 13.2. The van der Waals surface area contributed by atoms with Crippen LogP contribution in [-0.4, -0.2) is 11.7 Å². The fraction of sp³-hybridized carbons (Fsp3) is 0.200. The molecule has 5 heteroatoms. The summed E-state index contributed by atoms with van der Waals surface area (Å²) in [5, 5.41) is 10.4. The lowest BCUT2D eigenvalue weighted by Gasteiger charge is -2.17. The molecule has 1 atom stereocenters. The van der Waals surface area contributed by atoms with Crippen LogP contribution in [0.25, 0.3) is 0 Å². The van der Waals surface area contributed by atoms with E-state index in [0.717, 1.165) is 4.47 Å². The summed E-state index contributed by atoms with van der Waals surface area (Å²) in [5.41, 5.74) is 1.11. The van der Waals surface area contributed by atoms with Crippen LogP contribution in [0.3, 0.4) is 0 Å². The lowest BCUT2D eigenvalue weighted by molar-refractivity contribution is 0.212. The van der Waals surface area contributed by atoms with Crippen LogP contribution in [0.15, 0.2) is 40.9 Å². The van der Waals surface area contributed by atoms with E-state index in [-0.39, 0.29) is 5.02 Å². The van der Waals surface area contributed by atoms with Crippen molar-refractivity contribution in [3.63, 3.8) is 0 Å². The molecule has 0 aliphatic heterocycles. The highest BCUT2D eigenvalue weighted by molar-refractivity contribution is 9.10. The maximum absolute atomic E-state index is 13.2. The minimum absolute atomic E-state index is 0.0190. The molecule has 2 nitrogen and oxygen atoms in total. The number of hydrogen-bond donors (Lipinski definition) is 1. The second-order valence-electron chi connectivity index (χ2n) is 4.19. The van der Waals surface area contributed by atoms with E-state index in [9.17, 15) is 9.50 Å². The Hall–Kier alpha value is -1.10. The smallest absolute Gasteiger partial charge is 0.141 e. The average molecular weight is 360 g/mol. The van der Waals surface area contributed by atoms with Gasteiger partial charge in [-0.05, 0) is 42.8 Å². The van der Waals surface area contributed by atoms with E-state index < -0.39 is 11.9 Å². The normalized spacial score (nSPS) is 12.2. The molecular formula is C15H13BrClFO2. The van der Waals surface area contributed by atoms with Crippen molar-refractivity contribution in [1.82, 2.24) is 0 Å². The standard InChI is InChI=1S/C15H13BrClFO2/c1-2-20-14-6-4-10(16)8-11(14)15(19)9-3-5-13(18)12(17)7-9/h3-8,15,19H,2H2,1H3. The van der Waals surface area contributed by atoms with Gasteiger partial charge >= 0.3 is 0 Å². The van der Waals surface area contributed by atoms with Crippen molar-refractivity contribution in [3.8, 4) is 5.75 Å². The summed E-state index contributed by atoms with van der Waals surface area (Å²) in [6.07, 6.45) is -0.938. The summed E-state index contributed by atoms with van der Waals surface area (Å²) >= 11 is 9.11. The van der Waals surface area contributed by atoms with Crippen molar-refractivity contribution in [2.24, 2.45) is 0 Å². The number of hydrogen-bond acceptors (Lipinski definition) is 2. The summed E-state index contributed by atoms with van der Waals surface area (Å²) < 4.78 is 19.5. The predicted octanol–water partition coefficient (Wildman–Crippen LogP) is 4.72. The Morgan fingerprint density at radius 1 is 1.30 bits per heavy atom. The molecule has 0 aromatic heterocycles. The van der Waals surface area contributed by atoms with Gasteiger partial charge in [-0.25, -0.2) is 4.39 Å². The molecule has 0 fully saturated rings. The monoisotopic (exact) mass is 358 g/mol. The molecule has 0 heterocycles. The van der Waals surface area contributed by atoms with Crippen LogP contribution in [0.5, 0.6) is 5.75 Å². The molecular weight excluding hydrogens is 347 g/mol. The SMILES string of the molecule is CCOc1ccc(Br)cc1C(O)c1ccc(F)c(Cl)c1. The zero-order chi connectivity index (χ0) is 14.7. The summed E-state index contributed by atoms with van der Waals surface area (Å²) in [6, 6.07) is 9.53. The van der Waals surface area contributed by atoms with Gasteiger partial charge in [-0.3, -0.25) is 0 Å². The number of ether oxygens (including phenoxy) is 1. The maximum Gasteiger partial charge on any atom is 0.141 e. The van der Waals surface area contributed by atoms with Crippen LogP contribution < -0.4 is 4.74 Å². The Kier molecular flexibility index (Phi) is 5.02.